The third kappa shape index (κ3) is 3.95. The predicted molar refractivity (Wildman–Crippen MR) is 64.1 cm³/mol. The molecule has 1 rings (SSSR count). The molecule has 1 fully saturated rings. The molecule has 2 N–H and O–H groups in total. The first-order chi connectivity index (χ1) is 7.39. The monoisotopic (exact) mass is 267 g/mol. The third-order valence-corrected chi connectivity index (χ3v) is 5.51. The van der Waals surface area contributed by atoms with Crippen molar-refractivity contribution in [3.63, 3.8) is 0 Å². The van der Waals surface area contributed by atoms with Gasteiger partial charge in [0.15, 0.2) is 5.75 Å². The normalized spacial score (nSPS) is 19.8. The summed E-state index contributed by atoms with van der Waals surface area (Å²) in [5.74, 6) is -2.17. The van der Waals surface area contributed by atoms with Crippen LogP contribution in [-0.2, 0) is 14.8 Å². The highest BCUT2D eigenvalue weighted by molar-refractivity contribution is 8.00. The Kier molecular flexibility index (Phi) is 4.63. The summed E-state index contributed by atoms with van der Waals surface area (Å²) in [5, 5.41) is 8.44. The van der Waals surface area contributed by atoms with Crippen LogP contribution in [0.15, 0.2) is 0 Å². The fraction of sp³-hybridized carbons (Fsp3) is 0.889. The number of aliphatic carboxylic acids is 1. The van der Waals surface area contributed by atoms with E-state index in [4.69, 9.17) is 5.11 Å². The molecule has 0 amide bonds. The van der Waals surface area contributed by atoms with Gasteiger partial charge in [0.05, 0.1) is 0 Å². The molecule has 1 aliphatic carbocycles. The summed E-state index contributed by atoms with van der Waals surface area (Å²) < 4.78 is 25.1. The molecule has 0 atom stereocenters. The van der Waals surface area contributed by atoms with E-state index in [-0.39, 0.29) is 4.75 Å². The van der Waals surface area contributed by atoms with Crippen LogP contribution in [0, 0.1) is 0 Å². The number of sulfonamides is 1. The second kappa shape index (κ2) is 5.37. The average molecular weight is 267 g/mol. The van der Waals surface area contributed by atoms with Crippen LogP contribution in [0.25, 0.3) is 0 Å². The molecular formula is C9H17NO4S2. The van der Waals surface area contributed by atoms with Crippen molar-refractivity contribution >= 4 is 27.8 Å². The zero-order valence-electron chi connectivity index (χ0n) is 9.23. The van der Waals surface area contributed by atoms with E-state index < -0.39 is 21.7 Å². The van der Waals surface area contributed by atoms with E-state index in [1.54, 1.807) is 11.8 Å². The van der Waals surface area contributed by atoms with Crippen LogP contribution in [0.3, 0.4) is 0 Å². The van der Waals surface area contributed by atoms with Crippen molar-refractivity contribution in [2.45, 2.75) is 30.4 Å². The van der Waals surface area contributed by atoms with E-state index in [0.29, 0.717) is 6.54 Å². The van der Waals surface area contributed by atoms with Crippen LogP contribution in [0.4, 0.5) is 0 Å². The maximum atomic E-state index is 11.4. The first kappa shape index (κ1) is 13.8. The summed E-state index contributed by atoms with van der Waals surface area (Å²) >= 11 is 1.67. The van der Waals surface area contributed by atoms with Gasteiger partial charge in [-0.05, 0) is 19.1 Å². The van der Waals surface area contributed by atoms with E-state index in [1.807, 2.05) is 6.26 Å². The van der Waals surface area contributed by atoms with Crippen LogP contribution in [0.5, 0.6) is 0 Å². The Labute approximate surface area is 100 Å². The first-order valence-electron chi connectivity index (χ1n) is 5.13. The Hall–Kier alpha value is -0.270. The van der Waals surface area contributed by atoms with Gasteiger partial charge in [-0.2, -0.15) is 11.8 Å². The molecule has 0 heterocycles. The zero-order valence-corrected chi connectivity index (χ0v) is 10.9. The molecule has 0 bridgehead atoms. The lowest BCUT2D eigenvalue weighted by Crippen LogP contribution is -2.40. The summed E-state index contributed by atoms with van der Waals surface area (Å²) in [6.07, 6.45) is 6.17. The van der Waals surface area contributed by atoms with Crippen molar-refractivity contribution in [1.82, 2.24) is 4.72 Å². The van der Waals surface area contributed by atoms with E-state index in [1.165, 1.54) is 0 Å². The van der Waals surface area contributed by atoms with Gasteiger partial charge in [-0.15, -0.1) is 0 Å². The third-order valence-electron chi connectivity index (χ3n) is 2.88. The number of carboxylic acid groups (broad SMARTS) is 1. The Morgan fingerprint density at radius 1 is 1.44 bits per heavy atom. The minimum absolute atomic E-state index is 0.0361. The van der Waals surface area contributed by atoms with Crippen LogP contribution in [-0.4, -0.2) is 42.8 Å². The maximum Gasteiger partial charge on any atom is 0.320 e. The largest absolute Gasteiger partial charge is 0.480 e. The van der Waals surface area contributed by atoms with Gasteiger partial charge in [-0.1, -0.05) is 12.8 Å². The molecule has 0 aromatic heterocycles. The van der Waals surface area contributed by atoms with Gasteiger partial charge in [0, 0.05) is 11.3 Å². The zero-order chi connectivity index (χ0) is 12.2. The number of nitrogens with one attached hydrogen (secondary N) is 1. The lowest BCUT2D eigenvalue weighted by Gasteiger charge is -2.26. The average Bonchev–Trinajstić information content (AvgIpc) is 2.62. The fourth-order valence-electron chi connectivity index (χ4n) is 1.93. The van der Waals surface area contributed by atoms with Crippen molar-refractivity contribution in [2.24, 2.45) is 0 Å². The first-order valence-corrected chi connectivity index (χ1v) is 8.01. The molecule has 0 aromatic rings. The van der Waals surface area contributed by atoms with Crippen LogP contribution in [0.1, 0.15) is 25.7 Å². The number of carbonyl (C=O) groups is 1. The molecule has 0 aromatic carbocycles. The van der Waals surface area contributed by atoms with Crippen LogP contribution >= 0.6 is 11.8 Å². The minimum Gasteiger partial charge on any atom is -0.480 e. The van der Waals surface area contributed by atoms with Gasteiger partial charge >= 0.3 is 5.97 Å². The fourth-order valence-corrected chi connectivity index (χ4v) is 3.86. The highest BCUT2D eigenvalue weighted by atomic mass is 32.2. The van der Waals surface area contributed by atoms with E-state index in [0.717, 1.165) is 25.7 Å². The van der Waals surface area contributed by atoms with Gasteiger partial charge in [0.1, 0.15) is 0 Å². The Morgan fingerprint density at radius 3 is 2.44 bits per heavy atom. The standard InChI is InChI=1S/C9H17NO4S2/c1-15-9(4-2-3-5-9)7-10-16(13,14)6-8(11)12/h10H,2-7H2,1H3,(H,11,12). The lowest BCUT2D eigenvalue weighted by molar-refractivity contribution is -0.134. The molecule has 94 valence electrons. The van der Waals surface area contributed by atoms with E-state index in [2.05, 4.69) is 4.72 Å². The second-order valence-corrected chi connectivity index (χ2v) is 7.15. The van der Waals surface area contributed by atoms with Crippen molar-refractivity contribution in [3.8, 4) is 0 Å². The van der Waals surface area contributed by atoms with Gasteiger partial charge in [-0.3, -0.25) is 4.79 Å². The molecule has 5 nitrogen and oxygen atoms in total. The molecule has 1 aliphatic rings. The topological polar surface area (TPSA) is 83.5 Å². The van der Waals surface area contributed by atoms with Crippen molar-refractivity contribution in [2.75, 3.05) is 18.6 Å². The molecule has 0 saturated heterocycles. The molecule has 0 radical (unpaired) electrons. The summed E-state index contributed by atoms with van der Waals surface area (Å²) in [6, 6.07) is 0. The van der Waals surface area contributed by atoms with Gasteiger partial charge in [-0.25, -0.2) is 13.1 Å². The number of hydrogen-bond donors (Lipinski definition) is 2. The second-order valence-electron chi connectivity index (χ2n) is 4.07. The highest BCUT2D eigenvalue weighted by Crippen LogP contribution is 2.39. The summed E-state index contributed by atoms with van der Waals surface area (Å²) in [4.78, 5) is 10.3. The van der Waals surface area contributed by atoms with Crippen molar-refractivity contribution in [3.05, 3.63) is 0 Å². The maximum absolute atomic E-state index is 11.4. The number of carboxylic acids is 1. The highest BCUT2D eigenvalue weighted by Gasteiger charge is 2.34. The van der Waals surface area contributed by atoms with Gasteiger partial charge in [0.25, 0.3) is 0 Å². The van der Waals surface area contributed by atoms with Gasteiger partial charge < -0.3 is 5.11 Å². The summed E-state index contributed by atoms with van der Waals surface area (Å²) in [6.45, 7) is 0.337. The van der Waals surface area contributed by atoms with Crippen LogP contribution < -0.4 is 4.72 Å². The summed E-state index contributed by atoms with van der Waals surface area (Å²) in [5.41, 5.74) is 0. The molecular weight excluding hydrogens is 250 g/mol. The molecule has 1 saturated carbocycles. The van der Waals surface area contributed by atoms with E-state index >= 15 is 0 Å². The number of rotatable bonds is 6. The van der Waals surface area contributed by atoms with E-state index in [9.17, 15) is 13.2 Å². The van der Waals surface area contributed by atoms with Crippen LogP contribution in [0.2, 0.25) is 0 Å². The minimum atomic E-state index is -3.68. The predicted octanol–water partition coefficient (Wildman–Crippen LogP) is 0.666. The van der Waals surface area contributed by atoms with Gasteiger partial charge in [0.2, 0.25) is 10.0 Å². The van der Waals surface area contributed by atoms with Crippen molar-refractivity contribution in [1.29, 1.82) is 0 Å². The Balaban J connectivity index is 2.52. The molecule has 0 spiro atoms. The SMILES string of the molecule is CSC1(CNS(=O)(=O)CC(=O)O)CCCC1. The lowest BCUT2D eigenvalue weighted by atomic mass is 10.1. The number of hydrogen-bond acceptors (Lipinski definition) is 4. The molecule has 16 heavy (non-hydrogen) atoms. The molecule has 7 heteroatoms. The quantitative estimate of drug-likeness (QED) is 0.739. The van der Waals surface area contributed by atoms with Crippen molar-refractivity contribution < 1.29 is 18.3 Å². The summed E-state index contributed by atoms with van der Waals surface area (Å²) in [7, 11) is -3.68. The smallest absolute Gasteiger partial charge is 0.320 e. The molecule has 0 aliphatic heterocycles. The number of thioether (sulfide) groups is 1. The Morgan fingerprint density at radius 2 is 2.00 bits per heavy atom. The molecule has 0 unspecified atom stereocenters. The Bertz CT molecular complexity index is 347.